The van der Waals surface area contributed by atoms with Gasteiger partial charge in [0.05, 0.1) is 22.9 Å². The summed E-state index contributed by atoms with van der Waals surface area (Å²) in [7, 11) is 1.73. The first-order chi connectivity index (χ1) is 11.6. The van der Waals surface area contributed by atoms with Gasteiger partial charge in [-0.05, 0) is 11.4 Å². The van der Waals surface area contributed by atoms with Crippen LogP contribution < -0.4 is 4.90 Å². The fraction of sp³-hybridized carbons (Fsp3) is 0.471. The quantitative estimate of drug-likeness (QED) is 0.712. The molecule has 7 heteroatoms. The van der Waals surface area contributed by atoms with Crippen molar-refractivity contribution in [1.29, 1.82) is 0 Å². The molecule has 0 aromatic carbocycles. The third-order valence-corrected chi connectivity index (χ3v) is 5.55. The van der Waals surface area contributed by atoms with Crippen LogP contribution in [0.2, 0.25) is 0 Å². The van der Waals surface area contributed by atoms with E-state index < -0.39 is 0 Å². The topological polar surface area (TPSA) is 56.1 Å². The molecular weight excluding hydrogens is 322 g/mol. The first-order valence-electron chi connectivity index (χ1n) is 8.06. The molecule has 4 heterocycles. The number of hydrogen-bond acceptors (Lipinski definition) is 6. The number of rotatable bonds is 5. The summed E-state index contributed by atoms with van der Waals surface area (Å²) in [6, 6.07) is 2.24. The van der Waals surface area contributed by atoms with Crippen molar-refractivity contribution < 1.29 is 4.74 Å². The predicted molar refractivity (Wildman–Crippen MR) is 95.4 cm³/mol. The zero-order chi connectivity index (χ0) is 16.7. The van der Waals surface area contributed by atoms with Gasteiger partial charge >= 0.3 is 0 Å². The van der Waals surface area contributed by atoms with E-state index in [0.29, 0.717) is 6.61 Å². The standard InChI is InChI=1S/C17H21N5OS/c1-17(2)10-22(15-13-12(4-9-24-13)19-11-20-15)14(17)16-18-5-6-21(16)7-8-23-3/h4-6,9,11,14H,7-8,10H2,1-3H3. The van der Waals surface area contributed by atoms with Crippen molar-refractivity contribution in [3.8, 4) is 0 Å². The Kier molecular flexibility index (Phi) is 3.77. The van der Waals surface area contributed by atoms with Crippen molar-refractivity contribution in [2.75, 3.05) is 25.2 Å². The number of methoxy groups -OCH3 is 1. The van der Waals surface area contributed by atoms with Crippen LogP contribution in [0.5, 0.6) is 0 Å². The van der Waals surface area contributed by atoms with Gasteiger partial charge in [0.1, 0.15) is 12.2 Å². The Labute approximate surface area is 145 Å². The van der Waals surface area contributed by atoms with Crippen LogP contribution in [0.1, 0.15) is 25.7 Å². The minimum absolute atomic E-state index is 0.144. The summed E-state index contributed by atoms with van der Waals surface area (Å²) in [5, 5.41) is 2.07. The summed E-state index contributed by atoms with van der Waals surface area (Å²) in [6.07, 6.45) is 5.56. The van der Waals surface area contributed by atoms with Gasteiger partial charge in [0, 0.05) is 38.0 Å². The Balaban J connectivity index is 1.73. The summed E-state index contributed by atoms with van der Waals surface area (Å²) in [5.74, 6) is 2.09. The van der Waals surface area contributed by atoms with Crippen LogP contribution in [0, 0.1) is 5.41 Å². The van der Waals surface area contributed by atoms with Crippen molar-refractivity contribution in [3.05, 3.63) is 36.0 Å². The Hall–Kier alpha value is -1.99. The molecule has 1 atom stereocenters. The molecule has 24 heavy (non-hydrogen) atoms. The molecule has 0 amide bonds. The van der Waals surface area contributed by atoms with Gasteiger partial charge in [-0.2, -0.15) is 0 Å². The van der Waals surface area contributed by atoms with Crippen LogP contribution in [-0.4, -0.2) is 39.8 Å². The maximum Gasteiger partial charge on any atom is 0.150 e. The first-order valence-corrected chi connectivity index (χ1v) is 8.94. The van der Waals surface area contributed by atoms with E-state index in [1.807, 2.05) is 18.5 Å². The molecule has 1 aliphatic heterocycles. The van der Waals surface area contributed by atoms with Crippen LogP contribution in [0.15, 0.2) is 30.2 Å². The van der Waals surface area contributed by atoms with Crippen LogP contribution in [-0.2, 0) is 11.3 Å². The summed E-state index contributed by atoms with van der Waals surface area (Å²) in [6.45, 7) is 7.02. The average molecular weight is 343 g/mol. The molecule has 0 saturated carbocycles. The minimum atomic E-state index is 0.144. The second-order valence-electron chi connectivity index (χ2n) is 6.82. The van der Waals surface area contributed by atoms with Crippen molar-refractivity contribution in [2.24, 2.45) is 5.41 Å². The van der Waals surface area contributed by atoms with E-state index in [0.717, 1.165) is 34.9 Å². The van der Waals surface area contributed by atoms with E-state index in [1.54, 1.807) is 24.8 Å². The number of aromatic nitrogens is 4. The second kappa shape index (κ2) is 5.82. The molecule has 0 aliphatic carbocycles. The number of fused-ring (bicyclic) bond motifs is 1. The summed E-state index contributed by atoms with van der Waals surface area (Å²) in [5.41, 5.74) is 1.15. The highest BCUT2D eigenvalue weighted by Gasteiger charge is 2.49. The molecule has 3 aromatic rings. The number of imidazole rings is 1. The normalized spacial score (nSPS) is 19.6. The van der Waals surface area contributed by atoms with Gasteiger partial charge in [-0.25, -0.2) is 15.0 Å². The van der Waals surface area contributed by atoms with Gasteiger partial charge in [-0.15, -0.1) is 11.3 Å². The molecule has 0 bridgehead atoms. The van der Waals surface area contributed by atoms with Gasteiger partial charge in [0.25, 0.3) is 0 Å². The zero-order valence-electron chi connectivity index (χ0n) is 14.1. The lowest BCUT2D eigenvalue weighted by Gasteiger charge is -2.54. The molecule has 0 radical (unpaired) electrons. The van der Waals surface area contributed by atoms with E-state index in [4.69, 9.17) is 4.74 Å². The molecule has 1 saturated heterocycles. The largest absolute Gasteiger partial charge is 0.383 e. The van der Waals surface area contributed by atoms with E-state index in [1.165, 1.54) is 0 Å². The zero-order valence-corrected chi connectivity index (χ0v) is 15.0. The van der Waals surface area contributed by atoms with Gasteiger partial charge in [-0.1, -0.05) is 13.8 Å². The second-order valence-corrected chi connectivity index (χ2v) is 7.74. The molecule has 0 N–H and O–H groups in total. The summed E-state index contributed by atoms with van der Waals surface area (Å²) < 4.78 is 8.57. The lowest BCUT2D eigenvalue weighted by Crippen LogP contribution is -2.57. The number of ether oxygens (including phenoxy) is 1. The van der Waals surface area contributed by atoms with Crippen molar-refractivity contribution in [1.82, 2.24) is 19.5 Å². The average Bonchev–Trinajstić information content (AvgIpc) is 3.19. The SMILES string of the molecule is COCCn1ccnc1C1N(c2ncnc3ccsc23)CC1(C)C. The van der Waals surface area contributed by atoms with Crippen molar-refractivity contribution >= 4 is 27.4 Å². The van der Waals surface area contributed by atoms with E-state index >= 15 is 0 Å². The highest BCUT2D eigenvalue weighted by atomic mass is 32.1. The van der Waals surface area contributed by atoms with Crippen molar-refractivity contribution in [3.63, 3.8) is 0 Å². The number of anilines is 1. The molecule has 6 nitrogen and oxygen atoms in total. The Morgan fingerprint density at radius 1 is 1.33 bits per heavy atom. The van der Waals surface area contributed by atoms with Crippen LogP contribution in [0.4, 0.5) is 5.82 Å². The first kappa shape index (κ1) is 15.5. The molecule has 1 fully saturated rings. The van der Waals surface area contributed by atoms with Crippen LogP contribution >= 0.6 is 11.3 Å². The monoisotopic (exact) mass is 343 g/mol. The lowest BCUT2D eigenvalue weighted by molar-refractivity contribution is 0.157. The Morgan fingerprint density at radius 2 is 2.21 bits per heavy atom. The molecule has 0 spiro atoms. The maximum atomic E-state index is 5.23. The van der Waals surface area contributed by atoms with Gasteiger partial charge in [0.15, 0.2) is 5.82 Å². The van der Waals surface area contributed by atoms with Crippen LogP contribution in [0.3, 0.4) is 0 Å². The summed E-state index contributed by atoms with van der Waals surface area (Å²) in [4.78, 5) is 16.0. The molecule has 1 aliphatic rings. The fourth-order valence-electron chi connectivity index (χ4n) is 3.54. The van der Waals surface area contributed by atoms with Gasteiger partial charge < -0.3 is 14.2 Å². The fourth-order valence-corrected chi connectivity index (χ4v) is 4.39. The lowest BCUT2D eigenvalue weighted by atomic mass is 9.74. The van der Waals surface area contributed by atoms with E-state index in [-0.39, 0.29) is 11.5 Å². The third kappa shape index (κ3) is 2.39. The highest BCUT2D eigenvalue weighted by Crippen LogP contribution is 2.50. The number of thiophene rings is 1. The van der Waals surface area contributed by atoms with Gasteiger partial charge in [0.2, 0.25) is 0 Å². The Morgan fingerprint density at radius 3 is 3.00 bits per heavy atom. The molecular formula is C17H21N5OS. The van der Waals surface area contributed by atoms with Gasteiger partial charge in [-0.3, -0.25) is 0 Å². The summed E-state index contributed by atoms with van der Waals surface area (Å²) >= 11 is 1.70. The predicted octanol–water partition coefficient (Wildman–Crippen LogP) is 3.12. The molecule has 126 valence electrons. The maximum absolute atomic E-state index is 5.23. The highest BCUT2D eigenvalue weighted by molar-refractivity contribution is 7.17. The smallest absolute Gasteiger partial charge is 0.150 e. The third-order valence-electron chi connectivity index (χ3n) is 4.65. The van der Waals surface area contributed by atoms with Crippen molar-refractivity contribution in [2.45, 2.75) is 26.4 Å². The molecule has 1 unspecified atom stereocenters. The molecule has 3 aromatic heterocycles. The number of hydrogen-bond donors (Lipinski definition) is 0. The minimum Gasteiger partial charge on any atom is -0.383 e. The Bertz CT molecular complexity index is 855. The van der Waals surface area contributed by atoms with E-state index in [2.05, 4.69) is 43.6 Å². The van der Waals surface area contributed by atoms with E-state index in [9.17, 15) is 0 Å². The number of nitrogens with zero attached hydrogens (tertiary/aromatic N) is 5. The molecule has 4 rings (SSSR count). The van der Waals surface area contributed by atoms with Crippen LogP contribution in [0.25, 0.3) is 10.2 Å².